The largest absolute Gasteiger partial charge is 0.386 e. The second kappa shape index (κ2) is 4.22. The van der Waals surface area contributed by atoms with Crippen LogP contribution in [0.2, 0.25) is 0 Å². The van der Waals surface area contributed by atoms with Gasteiger partial charge in [0.05, 0.1) is 5.71 Å². The standard InChI is InChI=1S/C14H14N4/c1-9-6-13(15)17-18-14(9)12-8-16-7-10-4-2-3-5-11(10)12/h2-5,7-9H,6H2,1H3,(H2,15,17). The summed E-state index contributed by atoms with van der Waals surface area (Å²) in [5.41, 5.74) is 7.72. The van der Waals surface area contributed by atoms with Crippen LogP contribution in [0.15, 0.2) is 46.9 Å². The molecule has 4 nitrogen and oxygen atoms in total. The minimum absolute atomic E-state index is 0.273. The summed E-state index contributed by atoms with van der Waals surface area (Å²) in [7, 11) is 0. The minimum atomic E-state index is 0.273. The summed E-state index contributed by atoms with van der Waals surface area (Å²) in [4.78, 5) is 4.28. The van der Waals surface area contributed by atoms with Gasteiger partial charge >= 0.3 is 0 Å². The molecule has 1 aliphatic rings. The Labute approximate surface area is 105 Å². The van der Waals surface area contributed by atoms with Crippen LogP contribution in [0, 0.1) is 5.92 Å². The number of hydrogen-bond donors (Lipinski definition) is 1. The van der Waals surface area contributed by atoms with Gasteiger partial charge in [-0.15, -0.1) is 5.10 Å². The molecule has 1 unspecified atom stereocenters. The lowest BCUT2D eigenvalue weighted by Gasteiger charge is -2.18. The fraction of sp³-hybridized carbons (Fsp3) is 0.214. The van der Waals surface area contributed by atoms with Crippen LogP contribution >= 0.6 is 0 Å². The number of nitrogens with two attached hydrogens (primary N) is 1. The molecule has 1 aromatic carbocycles. The van der Waals surface area contributed by atoms with Crippen LogP contribution in [0.5, 0.6) is 0 Å². The Morgan fingerprint density at radius 1 is 1.17 bits per heavy atom. The lowest BCUT2D eigenvalue weighted by molar-refractivity contribution is 0.784. The Morgan fingerprint density at radius 2 is 2.00 bits per heavy atom. The molecule has 0 saturated carbocycles. The Bertz CT molecular complexity index is 652. The van der Waals surface area contributed by atoms with E-state index in [-0.39, 0.29) is 5.92 Å². The first-order valence-electron chi connectivity index (χ1n) is 5.98. The molecule has 1 aliphatic heterocycles. The second-order valence-electron chi connectivity index (χ2n) is 4.59. The minimum Gasteiger partial charge on any atom is -0.386 e. The zero-order valence-corrected chi connectivity index (χ0v) is 10.2. The van der Waals surface area contributed by atoms with Crippen LogP contribution in [0.4, 0.5) is 0 Å². The predicted octanol–water partition coefficient (Wildman–Crippen LogP) is 2.34. The van der Waals surface area contributed by atoms with E-state index in [1.807, 2.05) is 24.5 Å². The van der Waals surface area contributed by atoms with Crippen molar-refractivity contribution in [2.45, 2.75) is 13.3 Å². The van der Waals surface area contributed by atoms with Gasteiger partial charge in [-0.25, -0.2) is 0 Å². The highest BCUT2D eigenvalue weighted by Gasteiger charge is 2.20. The highest BCUT2D eigenvalue weighted by Crippen LogP contribution is 2.23. The number of amidine groups is 1. The molecule has 0 spiro atoms. The van der Waals surface area contributed by atoms with E-state index in [2.05, 4.69) is 34.2 Å². The maximum Gasteiger partial charge on any atom is 0.123 e. The van der Waals surface area contributed by atoms with E-state index in [9.17, 15) is 0 Å². The van der Waals surface area contributed by atoms with Crippen molar-refractivity contribution in [1.82, 2.24) is 4.98 Å². The van der Waals surface area contributed by atoms with Crippen molar-refractivity contribution >= 4 is 22.3 Å². The maximum atomic E-state index is 5.71. The number of rotatable bonds is 1. The number of hydrogen-bond acceptors (Lipinski definition) is 4. The van der Waals surface area contributed by atoms with E-state index in [0.717, 1.165) is 28.5 Å². The molecule has 4 heteroatoms. The van der Waals surface area contributed by atoms with Crippen molar-refractivity contribution in [2.24, 2.45) is 21.9 Å². The third-order valence-corrected chi connectivity index (χ3v) is 3.21. The predicted molar refractivity (Wildman–Crippen MR) is 73.7 cm³/mol. The zero-order valence-electron chi connectivity index (χ0n) is 10.2. The van der Waals surface area contributed by atoms with Crippen molar-refractivity contribution in [3.8, 4) is 0 Å². The Balaban J connectivity index is 2.21. The molecule has 0 saturated heterocycles. The third kappa shape index (κ3) is 1.76. The molecule has 2 heterocycles. The lowest BCUT2D eigenvalue weighted by atomic mass is 9.92. The highest BCUT2D eigenvalue weighted by atomic mass is 15.2. The van der Waals surface area contributed by atoms with E-state index in [0.29, 0.717) is 5.84 Å². The summed E-state index contributed by atoms with van der Waals surface area (Å²) in [6.07, 6.45) is 4.47. The van der Waals surface area contributed by atoms with Crippen molar-refractivity contribution in [3.05, 3.63) is 42.2 Å². The van der Waals surface area contributed by atoms with Crippen LogP contribution < -0.4 is 5.73 Å². The molecule has 2 N–H and O–H groups in total. The SMILES string of the molecule is CC1CC(N)=NN=C1c1cncc2ccccc12. The van der Waals surface area contributed by atoms with Gasteiger partial charge in [0.2, 0.25) is 0 Å². The van der Waals surface area contributed by atoms with Gasteiger partial charge in [0.25, 0.3) is 0 Å². The summed E-state index contributed by atoms with van der Waals surface area (Å²) < 4.78 is 0. The molecule has 2 aromatic rings. The molecule has 0 amide bonds. The average Bonchev–Trinajstić information content (AvgIpc) is 2.38. The summed E-state index contributed by atoms with van der Waals surface area (Å²) in [6, 6.07) is 8.17. The van der Waals surface area contributed by atoms with Gasteiger partial charge in [-0.2, -0.15) is 5.10 Å². The fourth-order valence-corrected chi connectivity index (χ4v) is 2.31. The molecular formula is C14H14N4. The van der Waals surface area contributed by atoms with E-state index in [1.165, 1.54) is 0 Å². The number of aromatic nitrogens is 1. The van der Waals surface area contributed by atoms with Crippen LogP contribution in [-0.2, 0) is 0 Å². The summed E-state index contributed by atoms with van der Waals surface area (Å²) >= 11 is 0. The quantitative estimate of drug-likeness (QED) is 0.828. The Kier molecular flexibility index (Phi) is 2.55. The van der Waals surface area contributed by atoms with E-state index in [4.69, 9.17) is 5.73 Å². The molecule has 0 fully saturated rings. The monoisotopic (exact) mass is 238 g/mol. The average molecular weight is 238 g/mol. The molecule has 90 valence electrons. The van der Waals surface area contributed by atoms with Gasteiger partial charge in [-0.1, -0.05) is 31.2 Å². The molecule has 1 aromatic heterocycles. The number of nitrogens with zero attached hydrogens (tertiary/aromatic N) is 3. The van der Waals surface area contributed by atoms with Crippen molar-refractivity contribution in [1.29, 1.82) is 0 Å². The molecule has 0 radical (unpaired) electrons. The number of pyridine rings is 1. The van der Waals surface area contributed by atoms with Gasteiger partial charge in [0.15, 0.2) is 0 Å². The smallest absolute Gasteiger partial charge is 0.123 e. The molecule has 18 heavy (non-hydrogen) atoms. The van der Waals surface area contributed by atoms with Crippen molar-refractivity contribution in [3.63, 3.8) is 0 Å². The van der Waals surface area contributed by atoms with Crippen LogP contribution in [-0.4, -0.2) is 16.5 Å². The van der Waals surface area contributed by atoms with Crippen LogP contribution in [0.1, 0.15) is 18.9 Å². The number of fused-ring (bicyclic) bond motifs is 1. The van der Waals surface area contributed by atoms with Crippen molar-refractivity contribution < 1.29 is 0 Å². The van der Waals surface area contributed by atoms with Crippen LogP contribution in [0.25, 0.3) is 10.8 Å². The molecule has 0 aliphatic carbocycles. The van der Waals surface area contributed by atoms with Gasteiger partial charge in [-0.05, 0) is 5.39 Å². The lowest BCUT2D eigenvalue weighted by Crippen LogP contribution is -2.25. The van der Waals surface area contributed by atoms with E-state index < -0.39 is 0 Å². The topological polar surface area (TPSA) is 63.6 Å². The first kappa shape index (κ1) is 10.9. The van der Waals surface area contributed by atoms with E-state index in [1.54, 1.807) is 0 Å². The van der Waals surface area contributed by atoms with Crippen molar-refractivity contribution in [2.75, 3.05) is 0 Å². The normalized spacial score (nSPS) is 19.5. The summed E-state index contributed by atoms with van der Waals surface area (Å²) in [5, 5.41) is 10.5. The molecule has 0 bridgehead atoms. The summed E-state index contributed by atoms with van der Waals surface area (Å²) in [5.74, 6) is 0.870. The summed E-state index contributed by atoms with van der Waals surface area (Å²) in [6.45, 7) is 2.11. The molecule has 1 atom stereocenters. The number of benzene rings is 1. The van der Waals surface area contributed by atoms with Gasteiger partial charge in [-0.3, -0.25) is 4.98 Å². The van der Waals surface area contributed by atoms with Crippen LogP contribution in [0.3, 0.4) is 0 Å². The van der Waals surface area contributed by atoms with E-state index >= 15 is 0 Å². The fourth-order valence-electron chi connectivity index (χ4n) is 2.31. The second-order valence-corrected chi connectivity index (χ2v) is 4.59. The molecule has 3 rings (SSSR count). The highest BCUT2D eigenvalue weighted by molar-refractivity contribution is 6.13. The Morgan fingerprint density at radius 3 is 2.83 bits per heavy atom. The first-order valence-corrected chi connectivity index (χ1v) is 5.98. The Hall–Kier alpha value is -2.23. The van der Waals surface area contributed by atoms with Gasteiger partial charge in [0.1, 0.15) is 5.84 Å². The van der Waals surface area contributed by atoms with Gasteiger partial charge in [0, 0.05) is 35.7 Å². The maximum absolute atomic E-state index is 5.71. The third-order valence-electron chi connectivity index (χ3n) is 3.21. The zero-order chi connectivity index (χ0) is 12.5. The van der Waals surface area contributed by atoms with Gasteiger partial charge < -0.3 is 5.73 Å². The molecular weight excluding hydrogens is 224 g/mol. The first-order chi connectivity index (χ1) is 8.75.